The van der Waals surface area contributed by atoms with Gasteiger partial charge in [0.2, 0.25) is 5.91 Å². The highest BCUT2D eigenvalue weighted by Gasteiger charge is 2.29. The molecule has 2 heterocycles. The molecule has 1 unspecified atom stereocenters. The number of rotatable bonds is 6. The van der Waals surface area contributed by atoms with Crippen LogP contribution in [0.4, 0.5) is 5.69 Å². The summed E-state index contributed by atoms with van der Waals surface area (Å²) in [5.41, 5.74) is 4.31. The lowest BCUT2D eigenvalue weighted by Gasteiger charge is -2.31. The number of carbonyl (C=O) groups excluding carboxylic acids is 1. The fraction of sp³-hybridized carbons (Fsp3) is 0.485. The normalized spacial score (nSPS) is 17.0. The van der Waals surface area contributed by atoms with Gasteiger partial charge in [-0.15, -0.1) is 12.8 Å². The quantitative estimate of drug-likeness (QED) is 0.241. The molecular formula is C33H44ClN3O5. The number of halogens is 1. The molecule has 1 saturated heterocycles. The van der Waals surface area contributed by atoms with Crippen LogP contribution in [0.5, 0.6) is 5.75 Å². The number of aryl methyl sites for hydroxylation is 1. The zero-order chi connectivity index (χ0) is 31.2. The van der Waals surface area contributed by atoms with Crippen molar-refractivity contribution in [3.8, 4) is 18.6 Å². The number of fused-ring (bicyclic) bond motifs is 1. The number of para-hydroxylation sites is 1. The van der Waals surface area contributed by atoms with E-state index in [0.29, 0.717) is 18.1 Å². The van der Waals surface area contributed by atoms with E-state index in [1.807, 2.05) is 44.0 Å². The van der Waals surface area contributed by atoms with Crippen molar-refractivity contribution in [1.29, 1.82) is 0 Å². The van der Waals surface area contributed by atoms with Gasteiger partial charge in [0.15, 0.2) is 0 Å². The minimum absolute atomic E-state index is 0.179. The van der Waals surface area contributed by atoms with Gasteiger partial charge in [0.05, 0.1) is 19.6 Å². The maximum atomic E-state index is 11.3. The SMILES string of the molecule is C#C.CCC(=O)N1CCC(CC(=O)O)CC1.CCc1cccc(C2OCCN(C(C)=NC)c3ccc(Cl)cc32)c1OC. The number of ether oxygens (including phenoxy) is 2. The van der Waals surface area contributed by atoms with Crippen LogP contribution in [0.3, 0.4) is 0 Å². The summed E-state index contributed by atoms with van der Waals surface area (Å²) in [6, 6.07) is 12.2. The minimum atomic E-state index is -0.731. The summed E-state index contributed by atoms with van der Waals surface area (Å²) in [4.78, 5) is 30.1. The molecule has 8 nitrogen and oxygen atoms in total. The zero-order valence-corrected chi connectivity index (χ0v) is 26.2. The average Bonchev–Trinajstić information content (AvgIpc) is 3.20. The van der Waals surface area contributed by atoms with E-state index < -0.39 is 5.97 Å². The number of benzene rings is 2. The van der Waals surface area contributed by atoms with Crippen LogP contribution in [0, 0.1) is 18.8 Å². The highest BCUT2D eigenvalue weighted by molar-refractivity contribution is 6.30. The largest absolute Gasteiger partial charge is 0.496 e. The average molecular weight is 598 g/mol. The van der Waals surface area contributed by atoms with Gasteiger partial charge in [-0.3, -0.25) is 14.6 Å². The molecule has 0 aliphatic carbocycles. The third-order valence-electron chi connectivity index (χ3n) is 7.60. The molecule has 2 aliphatic rings. The predicted molar refractivity (Wildman–Crippen MR) is 170 cm³/mol. The Balaban J connectivity index is 0.000000326. The Morgan fingerprint density at radius 1 is 1.12 bits per heavy atom. The molecule has 1 N–H and O–H groups in total. The number of carboxylic acids is 1. The first kappa shape index (κ1) is 34.7. The number of amides is 1. The number of aliphatic imine (C=N–C) groups is 1. The molecule has 2 aromatic rings. The standard InChI is InChI=1S/C21H25ClN2O2.C10H17NO3.C2H2/c1-5-15-7-6-8-17(20(15)25-4)21-18-13-16(22)9-10-19(18)24(11-12-26-21)14(2)23-3;1-2-9(12)11-5-3-8(4-6-11)7-10(13)14;1-2/h6-10,13,21H,5,11-12H2,1-4H3;8H,2-7H2,1H3,(H,13,14);1-2H. The van der Waals surface area contributed by atoms with E-state index >= 15 is 0 Å². The monoisotopic (exact) mass is 597 g/mol. The lowest BCUT2D eigenvalue weighted by Crippen LogP contribution is -2.38. The van der Waals surface area contributed by atoms with Gasteiger partial charge in [-0.05, 0) is 55.9 Å². The number of nitrogens with zero attached hydrogens (tertiary/aromatic N) is 3. The number of methoxy groups -OCH3 is 1. The van der Waals surface area contributed by atoms with E-state index in [1.165, 1.54) is 5.56 Å². The van der Waals surface area contributed by atoms with Crippen molar-refractivity contribution < 1.29 is 24.2 Å². The topological polar surface area (TPSA) is 91.7 Å². The zero-order valence-electron chi connectivity index (χ0n) is 25.4. The predicted octanol–water partition coefficient (Wildman–Crippen LogP) is 6.24. The third-order valence-corrected chi connectivity index (χ3v) is 7.84. The van der Waals surface area contributed by atoms with E-state index in [9.17, 15) is 9.59 Å². The van der Waals surface area contributed by atoms with Crippen molar-refractivity contribution in [2.45, 2.75) is 59.0 Å². The Labute approximate surface area is 255 Å². The second-order valence-electron chi connectivity index (χ2n) is 10.0. The highest BCUT2D eigenvalue weighted by atomic mass is 35.5. The molecule has 0 spiro atoms. The fourth-order valence-electron chi connectivity index (χ4n) is 5.36. The second kappa shape index (κ2) is 17.4. The van der Waals surface area contributed by atoms with Crippen LogP contribution in [0.1, 0.15) is 69.2 Å². The first-order valence-electron chi connectivity index (χ1n) is 14.3. The molecule has 2 aromatic carbocycles. The molecule has 0 radical (unpaired) electrons. The number of aliphatic carboxylic acids is 1. The summed E-state index contributed by atoms with van der Waals surface area (Å²) in [5.74, 6) is 1.55. The summed E-state index contributed by atoms with van der Waals surface area (Å²) in [6.45, 7) is 8.77. The number of piperidine rings is 1. The van der Waals surface area contributed by atoms with E-state index in [1.54, 1.807) is 7.11 Å². The van der Waals surface area contributed by atoms with E-state index in [-0.39, 0.29) is 24.3 Å². The van der Waals surface area contributed by atoms with Gasteiger partial charge in [-0.2, -0.15) is 0 Å². The lowest BCUT2D eigenvalue weighted by molar-refractivity contribution is -0.138. The molecule has 0 saturated carbocycles. The van der Waals surface area contributed by atoms with Crippen molar-refractivity contribution in [2.24, 2.45) is 10.9 Å². The van der Waals surface area contributed by atoms with Gasteiger partial charge in [0.1, 0.15) is 11.9 Å². The summed E-state index contributed by atoms with van der Waals surface area (Å²) >= 11 is 6.34. The van der Waals surface area contributed by atoms with Crippen molar-refractivity contribution in [3.05, 3.63) is 58.1 Å². The number of carbonyl (C=O) groups is 2. The minimum Gasteiger partial charge on any atom is -0.496 e. The van der Waals surface area contributed by atoms with Crippen LogP contribution in [0.2, 0.25) is 5.02 Å². The lowest BCUT2D eigenvalue weighted by atomic mass is 9.93. The number of terminal acetylenes is 1. The Morgan fingerprint density at radius 2 is 1.81 bits per heavy atom. The van der Waals surface area contributed by atoms with Crippen LogP contribution in [-0.4, -0.2) is 68.1 Å². The Morgan fingerprint density at radius 3 is 2.38 bits per heavy atom. The molecule has 228 valence electrons. The first-order valence-corrected chi connectivity index (χ1v) is 14.7. The van der Waals surface area contributed by atoms with Gasteiger partial charge in [0.25, 0.3) is 0 Å². The molecule has 1 amide bonds. The maximum Gasteiger partial charge on any atom is 0.303 e. The molecule has 9 heteroatoms. The molecule has 1 fully saturated rings. The molecule has 0 bridgehead atoms. The third kappa shape index (κ3) is 8.98. The smallest absolute Gasteiger partial charge is 0.303 e. The van der Waals surface area contributed by atoms with E-state index in [2.05, 4.69) is 47.9 Å². The second-order valence-corrected chi connectivity index (χ2v) is 10.5. The molecule has 4 rings (SSSR count). The molecule has 1 atom stereocenters. The van der Waals surface area contributed by atoms with Crippen molar-refractivity contribution in [1.82, 2.24) is 4.90 Å². The highest BCUT2D eigenvalue weighted by Crippen LogP contribution is 2.41. The fourth-order valence-corrected chi connectivity index (χ4v) is 5.54. The number of hydrogen-bond donors (Lipinski definition) is 1. The Hall–Kier alpha value is -3.54. The van der Waals surface area contributed by atoms with E-state index in [0.717, 1.165) is 67.3 Å². The van der Waals surface area contributed by atoms with Gasteiger partial charge in [-0.1, -0.05) is 43.6 Å². The summed E-state index contributed by atoms with van der Waals surface area (Å²) in [6.07, 6.45) is 11.1. The van der Waals surface area contributed by atoms with E-state index in [4.69, 9.17) is 26.2 Å². The molecule has 0 aromatic heterocycles. The van der Waals surface area contributed by atoms with Gasteiger partial charge < -0.3 is 24.4 Å². The van der Waals surface area contributed by atoms with Crippen LogP contribution in [0.25, 0.3) is 0 Å². The van der Waals surface area contributed by atoms with Gasteiger partial charge >= 0.3 is 5.97 Å². The van der Waals surface area contributed by atoms with Gasteiger partial charge in [-0.25, -0.2) is 0 Å². The van der Waals surface area contributed by atoms with Gasteiger partial charge in [0, 0.05) is 61.4 Å². The number of amidine groups is 1. The summed E-state index contributed by atoms with van der Waals surface area (Å²) in [7, 11) is 3.52. The summed E-state index contributed by atoms with van der Waals surface area (Å²) < 4.78 is 12.1. The van der Waals surface area contributed by atoms with Crippen LogP contribution < -0.4 is 9.64 Å². The van der Waals surface area contributed by atoms with Crippen molar-refractivity contribution >= 4 is 35.0 Å². The number of carboxylic acid groups (broad SMARTS) is 1. The Bertz CT molecular complexity index is 1240. The molecular weight excluding hydrogens is 554 g/mol. The summed E-state index contributed by atoms with van der Waals surface area (Å²) in [5, 5.41) is 9.30. The first-order chi connectivity index (χ1) is 20.2. The molecule has 42 heavy (non-hydrogen) atoms. The van der Waals surface area contributed by atoms with Crippen LogP contribution in [-0.2, 0) is 20.7 Å². The number of hydrogen-bond acceptors (Lipinski definition) is 5. The molecule has 2 aliphatic heterocycles. The van der Waals surface area contributed by atoms with Crippen molar-refractivity contribution in [2.75, 3.05) is 45.3 Å². The number of anilines is 1. The number of likely N-dealkylation sites (tertiary alicyclic amines) is 1. The Kier molecular flexibility index (Phi) is 14.4. The van der Waals surface area contributed by atoms with Crippen molar-refractivity contribution in [3.63, 3.8) is 0 Å². The van der Waals surface area contributed by atoms with Crippen LogP contribution in [0.15, 0.2) is 41.4 Å². The maximum absolute atomic E-state index is 11.3. The van der Waals surface area contributed by atoms with Crippen LogP contribution >= 0.6 is 11.6 Å².